The van der Waals surface area contributed by atoms with Crippen LogP contribution in [-0.2, 0) is 7.05 Å². The first-order valence-corrected chi connectivity index (χ1v) is 11.8. The van der Waals surface area contributed by atoms with Crippen molar-refractivity contribution in [2.24, 2.45) is 7.05 Å². The maximum Gasteiger partial charge on any atom is 0.293 e. The van der Waals surface area contributed by atoms with Crippen LogP contribution >= 0.6 is 11.3 Å². The van der Waals surface area contributed by atoms with E-state index in [0.717, 1.165) is 31.9 Å². The third-order valence-corrected chi connectivity index (χ3v) is 6.85. The normalized spacial score (nSPS) is 11.4. The first-order chi connectivity index (χ1) is 17.0. The van der Waals surface area contributed by atoms with Crippen LogP contribution in [-0.4, -0.2) is 30.6 Å². The standard InChI is InChI=1S/C25H20N8OS/c1-13-7-8-15-14(19(13)29-25(34)24-28-17-10-12-35-20(17)21(26)30-24)9-11-27-22(15)31-23-16-5-3-4-6-18(16)33(2)32-23/h3-12H,1-2H3,(H,29,34)(H2,26,28,30)(H,27,31,32). The van der Waals surface area contributed by atoms with Gasteiger partial charge in [-0.25, -0.2) is 15.0 Å². The average molecular weight is 481 g/mol. The fourth-order valence-electron chi connectivity index (χ4n) is 4.20. The Morgan fingerprint density at radius 3 is 2.74 bits per heavy atom. The van der Waals surface area contributed by atoms with Gasteiger partial charge in [0, 0.05) is 29.4 Å². The van der Waals surface area contributed by atoms with Gasteiger partial charge in [-0.05, 0) is 42.1 Å². The van der Waals surface area contributed by atoms with Gasteiger partial charge in [-0.1, -0.05) is 24.3 Å². The lowest BCUT2D eigenvalue weighted by Crippen LogP contribution is -2.17. The molecule has 0 bridgehead atoms. The molecule has 35 heavy (non-hydrogen) atoms. The molecule has 0 spiro atoms. The third kappa shape index (κ3) is 3.51. The zero-order valence-electron chi connectivity index (χ0n) is 18.9. The lowest BCUT2D eigenvalue weighted by Gasteiger charge is -2.14. The number of hydrogen-bond acceptors (Lipinski definition) is 8. The number of rotatable bonds is 4. The smallest absolute Gasteiger partial charge is 0.293 e. The maximum absolute atomic E-state index is 13.1. The number of pyridine rings is 1. The molecule has 4 heterocycles. The molecule has 2 aromatic carbocycles. The van der Waals surface area contributed by atoms with Crippen LogP contribution < -0.4 is 16.4 Å². The van der Waals surface area contributed by atoms with Gasteiger partial charge in [0.25, 0.3) is 5.91 Å². The van der Waals surface area contributed by atoms with Crippen molar-refractivity contribution in [1.82, 2.24) is 24.7 Å². The summed E-state index contributed by atoms with van der Waals surface area (Å²) < 4.78 is 2.60. The Balaban J connectivity index is 1.40. The summed E-state index contributed by atoms with van der Waals surface area (Å²) in [6.07, 6.45) is 1.71. The number of anilines is 4. The summed E-state index contributed by atoms with van der Waals surface area (Å²) in [5, 5.41) is 15.5. The van der Waals surface area contributed by atoms with Crippen LogP contribution in [0.5, 0.6) is 0 Å². The Bertz CT molecular complexity index is 1770. The number of nitrogens with one attached hydrogen (secondary N) is 2. The van der Waals surface area contributed by atoms with Crippen LogP contribution in [0, 0.1) is 6.92 Å². The number of carbonyl (C=O) groups excluding carboxylic acids is 1. The molecule has 9 nitrogen and oxygen atoms in total. The van der Waals surface area contributed by atoms with Gasteiger partial charge in [0.2, 0.25) is 5.82 Å². The quantitative estimate of drug-likeness (QED) is 0.324. The maximum atomic E-state index is 13.1. The summed E-state index contributed by atoms with van der Waals surface area (Å²) in [5.41, 5.74) is 9.27. The highest BCUT2D eigenvalue weighted by Crippen LogP contribution is 2.33. The Morgan fingerprint density at radius 1 is 1.00 bits per heavy atom. The van der Waals surface area contributed by atoms with Crippen molar-refractivity contribution < 1.29 is 4.79 Å². The molecule has 0 aliphatic heterocycles. The Labute approximate surface area is 203 Å². The van der Waals surface area contributed by atoms with Crippen molar-refractivity contribution in [1.29, 1.82) is 0 Å². The largest absolute Gasteiger partial charge is 0.382 e. The number of carbonyl (C=O) groups is 1. The molecule has 0 radical (unpaired) electrons. The van der Waals surface area contributed by atoms with Crippen molar-refractivity contribution in [3.8, 4) is 0 Å². The highest BCUT2D eigenvalue weighted by Gasteiger charge is 2.18. The van der Waals surface area contributed by atoms with Crippen molar-refractivity contribution in [2.45, 2.75) is 6.92 Å². The summed E-state index contributed by atoms with van der Waals surface area (Å²) in [6.45, 7) is 1.94. The number of para-hydroxylation sites is 1. The minimum Gasteiger partial charge on any atom is -0.382 e. The highest BCUT2D eigenvalue weighted by atomic mass is 32.1. The van der Waals surface area contributed by atoms with E-state index >= 15 is 0 Å². The topological polar surface area (TPSA) is 124 Å². The highest BCUT2D eigenvalue weighted by molar-refractivity contribution is 7.17. The molecule has 6 aromatic rings. The number of benzene rings is 2. The van der Waals surface area contributed by atoms with Gasteiger partial charge in [0.1, 0.15) is 11.6 Å². The van der Waals surface area contributed by atoms with Gasteiger partial charge in [-0.2, -0.15) is 5.10 Å². The van der Waals surface area contributed by atoms with Crippen molar-refractivity contribution in [3.05, 3.63) is 71.5 Å². The van der Waals surface area contributed by atoms with Crippen LogP contribution in [0.15, 0.2) is 60.1 Å². The summed E-state index contributed by atoms with van der Waals surface area (Å²) in [4.78, 5) is 26.3. The molecule has 0 saturated heterocycles. The molecule has 4 aromatic heterocycles. The Morgan fingerprint density at radius 2 is 1.86 bits per heavy atom. The van der Waals surface area contributed by atoms with Gasteiger partial charge < -0.3 is 16.4 Å². The van der Waals surface area contributed by atoms with E-state index in [-0.39, 0.29) is 5.82 Å². The molecule has 1 amide bonds. The number of nitrogens with two attached hydrogens (primary N) is 1. The third-order valence-electron chi connectivity index (χ3n) is 5.92. The monoisotopic (exact) mass is 480 g/mol. The van der Waals surface area contributed by atoms with Crippen molar-refractivity contribution in [3.63, 3.8) is 0 Å². The molecule has 0 unspecified atom stereocenters. The Kier molecular flexibility index (Phi) is 4.82. The molecule has 0 aliphatic rings. The number of aryl methyl sites for hydroxylation is 2. The van der Waals surface area contributed by atoms with E-state index in [1.807, 2.05) is 72.6 Å². The lowest BCUT2D eigenvalue weighted by atomic mass is 10.1. The molecule has 10 heteroatoms. The van der Waals surface area contributed by atoms with Gasteiger partial charge in [0.15, 0.2) is 5.82 Å². The van der Waals surface area contributed by atoms with E-state index in [2.05, 4.69) is 30.7 Å². The fraction of sp³-hybridized carbons (Fsp3) is 0.0800. The summed E-state index contributed by atoms with van der Waals surface area (Å²) in [7, 11) is 1.91. The summed E-state index contributed by atoms with van der Waals surface area (Å²) >= 11 is 1.44. The molecule has 0 fully saturated rings. The second-order valence-electron chi connectivity index (χ2n) is 8.15. The fourth-order valence-corrected chi connectivity index (χ4v) is 4.94. The molecule has 0 aliphatic carbocycles. The van der Waals surface area contributed by atoms with Crippen LogP contribution in [0.25, 0.3) is 31.9 Å². The molecular formula is C25H20N8OS. The number of thiophene rings is 1. The molecule has 6 rings (SSSR count). The molecule has 0 saturated carbocycles. The minimum atomic E-state index is -0.428. The molecule has 172 valence electrons. The number of nitrogens with zero attached hydrogens (tertiary/aromatic N) is 5. The predicted octanol–water partition coefficient (Wildman–Crippen LogP) is 5.01. The van der Waals surface area contributed by atoms with E-state index in [4.69, 9.17) is 5.73 Å². The van der Waals surface area contributed by atoms with Gasteiger partial charge in [0.05, 0.1) is 21.4 Å². The van der Waals surface area contributed by atoms with Gasteiger partial charge in [-0.3, -0.25) is 9.48 Å². The van der Waals surface area contributed by atoms with E-state index in [0.29, 0.717) is 28.7 Å². The van der Waals surface area contributed by atoms with Gasteiger partial charge in [-0.15, -0.1) is 11.3 Å². The molecule has 0 atom stereocenters. The second kappa shape index (κ2) is 8.03. The van der Waals surface area contributed by atoms with Crippen LogP contribution in [0.1, 0.15) is 16.2 Å². The molecular weight excluding hydrogens is 460 g/mol. The zero-order chi connectivity index (χ0) is 24.1. The van der Waals surface area contributed by atoms with Crippen molar-refractivity contribution >= 4 is 72.3 Å². The van der Waals surface area contributed by atoms with Gasteiger partial charge >= 0.3 is 0 Å². The number of nitrogen functional groups attached to an aromatic ring is 1. The van der Waals surface area contributed by atoms with E-state index in [1.165, 1.54) is 11.3 Å². The predicted molar refractivity (Wildman–Crippen MR) is 140 cm³/mol. The van der Waals surface area contributed by atoms with Crippen LogP contribution in [0.3, 0.4) is 0 Å². The van der Waals surface area contributed by atoms with Crippen LogP contribution in [0.4, 0.5) is 23.1 Å². The number of hydrogen-bond donors (Lipinski definition) is 3. The number of aromatic nitrogens is 5. The lowest BCUT2D eigenvalue weighted by molar-refractivity contribution is 0.101. The van der Waals surface area contributed by atoms with E-state index in [9.17, 15) is 4.79 Å². The van der Waals surface area contributed by atoms with E-state index in [1.54, 1.807) is 6.20 Å². The molecule has 4 N–H and O–H groups in total. The summed E-state index contributed by atoms with van der Waals surface area (Å²) in [5.74, 6) is 1.24. The number of amides is 1. The zero-order valence-corrected chi connectivity index (χ0v) is 19.7. The van der Waals surface area contributed by atoms with E-state index < -0.39 is 5.91 Å². The Hall–Kier alpha value is -4.57. The first-order valence-electron chi connectivity index (χ1n) is 10.9. The minimum absolute atomic E-state index is 0.0252. The number of fused-ring (bicyclic) bond motifs is 3. The first kappa shape index (κ1) is 21.0. The summed E-state index contributed by atoms with van der Waals surface area (Å²) in [6, 6.07) is 15.6. The second-order valence-corrected chi connectivity index (χ2v) is 9.06. The average Bonchev–Trinajstić information content (AvgIpc) is 3.46. The van der Waals surface area contributed by atoms with Crippen molar-refractivity contribution in [2.75, 3.05) is 16.4 Å². The van der Waals surface area contributed by atoms with Crippen LogP contribution in [0.2, 0.25) is 0 Å². The SMILES string of the molecule is Cc1ccc2c(Nc3nn(C)c4ccccc34)nccc2c1NC(=O)c1nc(N)c2sccc2n1.